The van der Waals surface area contributed by atoms with E-state index in [0.717, 1.165) is 11.1 Å². The highest BCUT2D eigenvalue weighted by Gasteiger charge is 2.26. The first kappa shape index (κ1) is 21.5. The molecule has 3 amide bonds. The largest absolute Gasteiger partial charge is 0.337 e. The van der Waals surface area contributed by atoms with Crippen LogP contribution < -0.4 is 21.7 Å². The maximum absolute atomic E-state index is 12.8. The van der Waals surface area contributed by atoms with Crippen molar-refractivity contribution in [3.8, 4) is 0 Å². The number of hydrogen-bond acceptors (Lipinski definition) is 5. The number of nitrogens with two attached hydrogens (primary N) is 2. The zero-order chi connectivity index (χ0) is 21.7. The Labute approximate surface area is 175 Å². The van der Waals surface area contributed by atoms with E-state index in [-0.39, 0.29) is 37.1 Å². The third-order valence-electron chi connectivity index (χ3n) is 5.08. The second-order valence-electron chi connectivity index (χ2n) is 7.29. The summed E-state index contributed by atoms with van der Waals surface area (Å²) in [6.45, 7) is 1.58. The van der Waals surface area contributed by atoms with Gasteiger partial charge in [0.1, 0.15) is 0 Å². The molecule has 0 unspecified atom stereocenters. The summed E-state index contributed by atoms with van der Waals surface area (Å²) in [5.41, 5.74) is 15.0. The minimum Gasteiger partial charge on any atom is -0.337 e. The fraction of sp³-hybridized carbons (Fsp3) is 0.318. The molecule has 0 atom stereocenters. The first-order valence-electron chi connectivity index (χ1n) is 9.90. The SMILES string of the molecule is CN1Cc2ccc(N(CCN)C(=O)CCC(=O)Nc3ccc(CN)cc3)cc2C1=O. The molecule has 1 aliphatic heterocycles. The number of carbonyl (C=O) groups excluding carboxylic acids is 3. The third kappa shape index (κ3) is 4.84. The predicted octanol–water partition coefficient (Wildman–Crippen LogP) is 1.44. The van der Waals surface area contributed by atoms with Crippen molar-refractivity contribution in [1.29, 1.82) is 0 Å². The summed E-state index contributed by atoms with van der Waals surface area (Å²) in [5, 5.41) is 2.78. The average Bonchev–Trinajstić information content (AvgIpc) is 3.04. The van der Waals surface area contributed by atoms with Gasteiger partial charge in [-0.1, -0.05) is 18.2 Å². The van der Waals surface area contributed by atoms with E-state index in [0.29, 0.717) is 36.6 Å². The third-order valence-corrected chi connectivity index (χ3v) is 5.08. The van der Waals surface area contributed by atoms with Gasteiger partial charge < -0.3 is 26.6 Å². The van der Waals surface area contributed by atoms with E-state index >= 15 is 0 Å². The van der Waals surface area contributed by atoms with Gasteiger partial charge in [-0.3, -0.25) is 14.4 Å². The number of anilines is 2. The van der Waals surface area contributed by atoms with E-state index in [2.05, 4.69) is 5.32 Å². The molecular formula is C22H27N5O3. The Kier molecular flexibility index (Phi) is 6.81. The van der Waals surface area contributed by atoms with Crippen molar-refractivity contribution in [1.82, 2.24) is 4.90 Å². The quantitative estimate of drug-likeness (QED) is 0.609. The van der Waals surface area contributed by atoms with Crippen molar-refractivity contribution in [3.63, 3.8) is 0 Å². The molecule has 0 aromatic heterocycles. The van der Waals surface area contributed by atoms with Crippen LogP contribution in [0.15, 0.2) is 42.5 Å². The van der Waals surface area contributed by atoms with Crippen LogP contribution >= 0.6 is 0 Å². The zero-order valence-corrected chi connectivity index (χ0v) is 17.1. The van der Waals surface area contributed by atoms with E-state index in [9.17, 15) is 14.4 Å². The number of benzene rings is 2. The Bertz CT molecular complexity index is 942. The van der Waals surface area contributed by atoms with Crippen molar-refractivity contribution in [2.24, 2.45) is 11.5 Å². The van der Waals surface area contributed by atoms with Crippen LogP contribution in [0.25, 0.3) is 0 Å². The standard InChI is InChI=1S/C22H27N5O3/c1-26-14-16-4-7-18(12-19(16)22(26)30)27(11-10-23)21(29)9-8-20(28)25-17-5-2-15(13-24)3-6-17/h2-7,12H,8-11,13-14,23-24H2,1H3,(H,25,28). The molecule has 0 saturated carbocycles. The van der Waals surface area contributed by atoms with Gasteiger partial charge in [-0.05, 0) is 35.4 Å². The maximum Gasteiger partial charge on any atom is 0.254 e. The number of hydrogen-bond donors (Lipinski definition) is 3. The lowest BCUT2D eigenvalue weighted by molar-refractivity contribution is -0.122. The molecule has 2 aromatic carbocycles. The van der Waals surface area contributed by atoms with Crippen LogP contribution in [0.4, 0.5) is 11.4 Å². The minimum atomic E-state index is -0.248. The van der Waals surface area contributed by atoms with Gasteiger partial charge in [-0.15, -0.1) is 0 Å². The molecule has 0 bridgehead atoms. The van der Waals surface area contributed by atoms with E-state index in [4.69, 9.17) is 11.5 Å². The van der Waals surface area contributed by atoms with Crippen LogP contribution in [-0.4, -0.2) is 42.8 Å². The molecule has 0 spiro atoms. The Morgan fingerprint density at radius 1 is 1.10 bits per heavy atom. The number of fused-ring (bicyclic) bond motifs is 1. The molecule has 8 nitrogen and oxygen atoms in total. The summed E-state index contributed by atoms with van der Waals surface area (Å²) < 4.78 is 0. The van der Waals surface area contributed by atoms with Crippen LogP contribution in [0, 0.1) is 0 Å². The van der Waals surface area contributed by atoms with Crippen molar-refractivity contribution < 1.29 is 14.4 Å². The fourth-order valence-electron chi connectivity index (χ4n) is 3.43. The molecule has 2 aromatic rings. The fourth-order valence-corrected chi connectivity index (χ4v) is 3.43. The molecule has 0 saturated heterocycles. The molecule has 158 valence electrons. The van der Waals surface area contributed by atoms with Crippen molar-refractivity contribution >= 4 is 29.1 Å². The monoisotopic (exact) mass is 409 g/mol. The van der Waals surface area contributed by atoms with Crippen molar-refractivity contribution in [3.05, 3.63) is 59.2 Å². The van der Waals surface area contributed by atoms with Gasteiger partial charge in [0.25, 0.3) is 5.91 Å². The predicted molar refractivity (Wildman–Crippen MR) is 116 cm³/mol. The highest BCUT2D eigenvalue weighted by Crippen LogP contribution is 2.27. The first-order valence-corrected chi connectivity index (χ1v) is 9.90. The first-order chi connectivity index (χ1) is 14.4. The number of carbonyl (C=O) groups is 3. The molecule has 0 aliphatic carbocycles. The lowest BCUT2D eigenvalue weighted by atomic mass is 10.1. The number of amides is 3. The Morgan fingerprint density at radius 3 is 2.50 bits per heavy atom. The van der Waals surface area contributed by atoms with Crippen LogP contribution in [0.5, 0.6) is 0 Å². The summed E-state index contributed by atoms with van der Waals surface area (Å²) in [6.07, 6.45) is 0.0861. The summed E-state index contributed by atoms with van der Waals surface area (Å²) in [5.74, 6) is -0.526. The van der Waals surface area contributed by atoms with Gasteiger partial charge in [0.05, 0.1) is 0 Å². The maximum atomic E-state index is 12.8. The molecule has 5 N–H and O–H groups in total. The summed E-state index contributed by atoms with van der Waals surface area (Å²) in [4.78, 5) is 40.5. The van der Waals surface area contributed by atoms with Crippen molar-refractivity contribution in [2.75, 3.05) is 30.4 Å². The van der Waals surface area contributed by atoms with E-state index in [1.807, 2.05) is 24.3 Å². The van der Waals surface area contributed by atoms with Gasteiger partial charge in [0, 0.05) is 63.0 Å². The van der Waals surface area contributed by atoms with Crippen LogP contribution in [-0.2, 0) is 22.7 Å². The van der Waals surface area contributed by atoms with Crippen molar-refractivity contribution in [2.45, 2.75) is 25.9 Å². The molecule has 3 rings (SSSR count). The lowest BCUT2D eigenvalue weighted by Crippen LogP contribution is -2.36. The molecule has 8 heteroatoms. The van der Waals surface area contributed by atoms with E-state index in [1.54, 1.807) is 30.1 Å². The Morgan fingerprint density at radius 2 is 1.83 bits per heavy atom. The van der Waals surface area contributed by atoms with E-state index < -0.39 is 0 Å². The summed E-state index contributed by atoms with van der Waals surface area (Å²) >= 11 is 0. The smallest absolute Gasteiger partial charge is 0.254 e. The zero-order valence-electron chi connectivity index (χ0n) is 17.1. The van der Waals surface area contributed by atoms with E-state index in [1.165, 1.54) is 4.90 Å². The molecule has 30 heavy (non-hydrogen) atoms. The van der Waals surface area contributed by atoms with Gasteiger partial charge >= 0.3 is 0 Å². The van der Waals surface area contributed by atoms with Crippen LogP contribution in [0.1, 0.15) is 34.3 Å². The average molecular weight is 409 g/mol. The summed E-state index contributed by atoms with van der Waals surface area (Å²) in [7, 11) is 1.74. The number of rotatable bonds is 8. The Balaban J connectivity index is 1.63. The molecule has 1 aliphatic rings. The van der Waals surface area contributed by atoms with Gasteiger partial charge in [0.2, 0.25) is 11.8 Å². The lowest BCUT2D eigenvalue weighted by Gasteiger charge is -2.22. The van der Waals surface area contributed by atoms with Crippen LogP contribution in [0.2, 0.25) is 0 Å². The normalized spacial score (nSPS) is 12.6. The number of nitrogens with zero attached hydrogens (tertiary/aromatic N) is 2. The molecule has 0 fully saturated rings. The van der Waals surface area contributed by atoms with Gasteiger partial charge in [-0.2, -0.15) is 0 Å². The summed E-state index contributed by atoms with van der Waals surface area (Å²) in [6, 6.07) is 12.7. The molecular weight excluding hydrogens is 382 g/mol. The topological polar surface area (TPSA) is 122 Å². The molecule has 1 heterocycles. The molecule has 0 radical (unpaired) electrons. The second kappa shape index (κ2) is 9.51. The second-order valence-corrected chi connectivity index (χ2v) is 7.29. The van der Waals surface area contributed by atoms with Gasteiger partial charge in [-0.25, -0.2) is 0 Å². The number of nitrogens with one attached hydrogen (secondary N) is 1. The minimum absolute atomic E-state index is 0.0393. The highest BCUT2D eigenvalue weighted by molar-refractivity contribution is 6.02. The van der Waals surface area contributed by atoms with Gasteiger partial charge in [0.15, 0.2) is 0 Å². The van der Waals surface area contributed by atoms with Crippen LogP contribution in [0.3, 0.4) is 0 Å². The highest BCUT2D eigenvalue weighted by atomic mass is 16.2. The Hall–Kier alpha value is -3.23.